The van der Waals surface area contributed by atoms with Crippen LogP contribution in [0.4, 0.5) is 17.5 Å². The molecule has 0 amide bonds. The van der Waals surface area contributed by atoms with Crippen molar-refractivity contribution < 1.29 is 0 Å². The molecule has 0 atom stereocenters. The molecule has 0 bridgehead atoms. The molecule has 122 valence electrons. The Kier molecular flexibility index (Phi) is 5.18. The minimum absolute atomic E-state index is 0.450. The highest BCUT2D eigenvalue weighted by molar-refractivity contribution is 6.30. The van der Waals surface area contributed by atoms with E-state index in [-0.39, 0.29) is 0 Å². The van der Waals surface area contributed by atoms with Gasteiger partial charge >= 0.3 is 0 Å². The van der Waals surface area contributed by atoms with Gasteiger partial charge in [-0.25, -0.2) is 0 Å². The predicted molar refractivity (Wildman–Crippen MR) is 95.8 cm³/mol. The molecule has 0 saturated carbocycles. The molecule has 3 aromatic rings. The van der Waals surface area contributed by atoms with Gasteiger partial charge in [0.25, 0.3) is 0 Å². The number of likely N-dealkylation sites (N-methyl/N-ethyl adjacent to an activating group) is 1. The molecule has 0 aliphatic carbocycles. The molecule has 0 fully saturated rings. The molecule has 3 rings (SSSR count). The summed E-state index contributed by atoms with van der Waals surface area (Å²) in [7, 11) is 1.98. The van der Waals surface area contributed by atoms with Gasteiger partial charge in [-0.2, -0.15) is 10.1 Å². The number of pyridine rings is 1. The molecular weight excluding hydrogens is 324 g/mol. The molecule has 0 radical (unpaired) electrons. The second-order valence-corrected chi connectivity index (χ2v) is 5.73. The number of benzene rings is 1. The molecule has 6 nitrogen and oxygen atoms in total. The molecule has 0 saturated heterocycles. The fraction of sp³-hybridized carbons (Fsp3) is 0.176. The maximum atomic E-state index is 5.88. The van der Waals surface area contributed by atoms with E-state index in [1.165, 1.54) is 5.56 Å². The van der Waals surface area contributed by atoms with Crippen LogP contribution >= 0.6 is 11.6 Å². The summed E-state index contributed by atoms with van der Waals surface area (Å²) in [4.78, 5) is 10.6. The lowest BCUT2D eigenvalue weighted by Gasteiger charge is -2.18. The highest BCUT2D eigenvalue weighted by Crippen LogP contribution is 2.17. The smallest absolute Gasteiger partial charge is 0.249 e. The van der Waals surface area contributed by atoms with Gasteiger partial charge in [0.2, 0.25) is 5.95 Å². The molecular formula is C17H17ClN6. The minimum Gasteiger partial charge on any atom is -0.358 e. The number of nitrogens with zero attached hydrogens (tertiary/aromatic N) is 5. The Bertz CT molecular complexity index is 779. The normalized spacial score (nSPS) is 10.4. The van der Waals surface area contributed by atoms with Crippen LogP contribution in [-0.4, -0.2) is 33.8 Å². The standard InChI is InChI=1S/C17H17ClN6/c1-24(11-8-13-6-9-19-10-7-13)16-12-20-23-17(22-16)21-15-4-2-14(18)3-5-15/h2-7,9-10,12H,8,11H2,1H3,(H,21,22,23). The first-order valence-electron chi connectivity index (χ1n) is 7.53. The van der Waals surface area contributed by atoms with Gasteiger partial charge in [0.15, 0.2) is 5.82 Å². The summed E-state index contributed by atoms with van der Waals surface area (Å²) < 4.78 is 0. The quantitative estimate of drug-likeness (QED) is 0.742. The van der Waals surface area contributed by atoms with Gasteiger partial charge in [-0.1, -0.05) is 11.6 Å². The lowest BCUT2D eigenvalue weighted by Crippen LogP contribution is -2.22. The highest BCUT2D eigenvalue weighted by atomic mass is 35.5. The van der Waals surface area contributed by atoms with Crippen LogP contribution in [0.2, 0.25) is 5.02 Å². The van der Waals surface area contributed by atoms with E-state index < -0.39 is 0 Å². The van der Waals surface area contributed by atoms with E-state index in [2.05, 4.69) is 25.5 Å². The van der Waals surface area contributed by atoms with E-state index in [0.29, 0.717) is 11.0 Å². The summed E-state index contributed by atoms with van der Waals surface area (Å²) in [6, 6.07) is 11.4. The van der Waals surface area contributed by atoms with Crippen LogP contribution in [0.25, 0.3) is 0 Å². The first-order chi connectivity index (χ1) is 11.7. The summed E-state index contributed by atoms with van der Waals surface area (Å²) in [6.07, 6.45) is 6.16. The van der Waals surface area contributed by atoms with Crippen LogP contribution in [0.3, 0.4) is 0 Å². The zero-order valence-electron chi connectivity index (χ0n) is 13.2. The van der Waals surface area contributed by atoms with Crippen molar-refractivity contribution in [3.63, 3.8) is 0 Å². The second kappa shape index (κ2) is 7.70. The summed E-state index contributed by atoms with van der Waals surface area (Å²) in [5.74, 6) is 1.21. The van der Waals surface area contributed by atoms with Crippen molar-refractivity contribution in [3.8, 4) is 0 Å². The van der Waals surface area contributed by atoms with Gasteiger partial charge < -0.3 is 10.2 Å². The zero-order valence-corrected chi connectivity index (χ0v) is 14.0. The van der Waals surface area contributed by atoms with Crippen molar-refractivity contribution in [2.45, 2.75) is 6.42 Å². The third-order valence-electron chi connectivity index (χ3n) is 3.52. The summed E-state index contributed by atoms with van der Waals surface area (Å²) in [5.41, 5.74) is 2.09. The van der Waals surface area contributed by atoms with Crippen LogP contribution in [0.5, 0.6) is 0 Å². The van der Waals surface area contributed by atoms with Crippen molar-refractivity contribution in [2.75, 3.05) is 23.8 Å². The number of rotatable bonds is 6. The Morgan fingerprint density at radius 1 is 1.08 bits per heavy atom. The topological polar surface area (TPSA) is 66.8 Å². The number of halogens is 1. The fourth-order valence-corrected chi connectivity index (χ4v) is 2.28. The molecule has 24 heavy (non-hydrogen) atoms. The lowest BCUT2D eigenvalue weighted by atomic mass is 10.2. The number of nitrogens with one attached hydrogen (secondary N) is 1. The first-order valence-corrected chi connectivity index (χ1v) is 7.91. The molecule has 0 aliphatic rings. The summed E-state index contributed by atoms with van der Waals surface area (Å²) in [5, 5.41) is 11.8. The maximum absolute atomic E-state index is 5.88. The van der Waals surface area contributed by atoms with Gasteiger partial charge in [-0.3, -0.25) is 4.98 Å². The van der Waals surface area contributed by atoms with Gasteiger partial charge in [-0.15, -0.1) is 5.10 Å². The van der Waals surface area contributed by atoms with Crippen molar-refractivity contribution in [1.82, 2.24) is 20.2 Å². The Morgan fingerprint density at radius 3 is 2.58 bits per heavy atom. The van der Waals surface area contributed by atoms with Crippen LogP contribution in [0, 0.1) is 0 Å². The minimum atomic E-state index is 0.450. The number of anilines is 3. The van der Waals surface area contributed by atoms with Crippen molar-refractivity contribution in [2.24, 2.45) is 0 Å². The van der Waals surface area contributed by atoms with Crippen molar-refractivity contribution in [3.05, 3.63) is 65.6 Å². The maximum Gasteiger partial charge on any atom is 0.249 e. The molecule has 0 unspecified atom stereocenters. The van der Waals surface area contributed by atoms with Crippen LogP contribution < -0.4 is 10.2 Å². The third kappa shape index (κ3) is 4.39. The van der Waals surface area contributed by atoms with E-state index in [0.717, 1.165) is 24.5 Å². The van der Waals surface area contributed by atoms with Gasteiger partial charge in [-0.05, 0) is 48.4 Å². The Balaban J connectivity index is 1.64. The molecule has 2 aromatic heterocycles. The molecule has 0 aliphatic heterocycles. The van der Waals surface area contributed by atoms with Gasteiger partial charge in [0.1, 0.15) is 0 Å². The highest BCUT2D eigenvalue weighted by Gasteiger charge is 2.06. The number of hydrogen-bond donors (Lipinski definition) is 1. The average molecular weight is 341 g/mol. The summed E-state index contributed by atoms with van der Waals surface area (Å²) in [6.45, 7) is 0.823. The van der Waals surface area contributed by atoms with E-state index in [4.69, 9.17) is 11.6 Å². The fourth-order valence-electron chi connectivity index (χ4n) is 2.15. The monoisotopic (exact) mass is 340 g/mol. The van der Waals surface area contributed by atoms with Crippen molar-refractivity contribution >= 4 is 29.1 Å². The molecule has 1 aromatic carbocycles. The molecule has 1 N–H and O–H groups in total. The van der Waals surface area contributed by atoms with Crippen LogP contribution in [0.1, 0.15) is 5.56 Å². The SMILES string of the molecule is CN(CCc1ccncc1)c1cnnc(Nc2ccc(Cl)cc2)n1. The van der Waals surface area contributed by atoms with Crippen LogP contribution in [0.15, 0.2) is 55.0 Å². The second-order valence-electron chi connectivity index (χ2n) is 5.30. The number of hydrogen-bond acceptors (Lipinski definition) is 6. The van der Waals surface area contributed by atoms with E-state index in [9.17, 15) is 0 Å². The van der Waals surface area contributed by atoms with E-state index in [1.54, 1.807) is 18.6 Å². The van der Waals surface area contributed by atoms with E-state index >= 15 is 0 Å². The third-order valence-corrected chi connectivity index (χ3v) is 3.77. The Labute approximate surface area is 145 Å². The van der Waals surface area contributed by atoms with Gasteiger partial charge in [0, 0.05) is 36.7 Å². The van der Waals surface area contributed by atoms with Gasteiger partial charge in [0.05, 0.1) is 6.20 Å². The van der Waals surface area contributed by atoms with Crippen LogP contribution in [-0.2, 0) is 6.42 Å². The first kappa shape index (κ1) is 16.1. The van der Waals surface area contributed by atoms with E-state index in [1.807, 2.05) is 48.3 Å². The number of aromatic nitrogens is 4. The Morgan fingerprint density at radius 2 is 1.83 bits per heavy atom. The van der Waals surface area contributed by atoms with Crippen molar-refractivity contribution in [1.29, 1.82) is 0 Å². The largest absolute Gasteiger partial charge is 0.358 e. The zero-order chi connectivity index (χ0) is 16.8. The summed E-state index contributed by atoms with van der Waals surface area (Å²) >= 11 is 5.88. The lowest BCUT2D eigenvalue weighted by molar-refractivity contribution is 0.840. The molecule has 7 heteroatoms. The molecule has 2 heterocycles. The Hall–Kier alpha value is -2.73. The average Bonchev–Trinajstić information content (AvgIpc) is 2.63. The molecule has 0 spiro atoms. The predicted octanol–water partition coefficient (Wildman–Crippen LogP) is 3.34.